The van der Waals surface area contributed by atoms with E-state index in [0.29, 0.717) is 0 Å². The van der Waals surface area contributed by atoms with Gasteiger partial charge in [-0.2, -0.15) is 5.10 Å². The molecule has 2 N–H and O–H groups in total. The van der Waals surface area contributed by atoms with Gasteiger partial charge in [-0.1, -0.05) is 25.1 Å². The molecule has 1 atom stereocenters. The van der Waals surface area contributed by atoms with E-state index in [0.717, 1.165) is 67.8 Å². The Hall–Kier alpha value is -4.13. The van der Waals surface area contributed by atoms with Gasteiger partial charge < -0.3 is 26.7 Å². The average Bonchev–Trinajstić information content (AvgIpc) is 3.33. The van der Waals surface area contributed by atoms with Crippen LogP contribution in [0.1, 0.15) is 50.8 Å². The van der Waals surface area contributed by atoms with Crippen LogP contribution in [0.25, 0.3) is 10.9 Å². The number of esters is 1. The zero-order valence-corrected chi connectivity index (χ0v) is 24.4. The van der Waals surface area contributed by atoms with Crippen LogP contribution >= 0.6 is 0 Å². The molecule has 0 bridgehead atoms. The number of H-pyrrole nitrogens is 1. The number of nitro benzene ring substituents is 2. The topological polar surface area (TPSA) is 156 Å². The van der Waals surface area contributed by atoms with Crippen LogP contribution in [0.3, 0.4) is 0 Å². The number of nitro groups is 2. The largest absolute Gasteiger partial charge is 1.00 e. The van der Waals surface area contributed by atoms with E-state index >= 15 is 0 Å². The molecule has 41 heavy (non-hydrogen) atoms. The fourth-order valence-electron chi connectivity index (χ4n) is 6.07. The second-order valence-electron chi connectivity index (χ2n) is 10.1. The number of nitrogens with one attached hydrogen (secondary N) is 2. The van der Waals surface area contributed by atoms with E-state index in [1.807, 2.05) is 12.1 Å². The van der Waals surface area contributed by atoms with Crippen LogP contribution in [0, 0.1) is 25.6 Å². The highest BCUT2D eigenvalue weighted by Gasteiger charge is 2.49. The van der Waals surface area contributed by atoms with Gasteiger partial charge >= 0.3 is 11.7 Å². The predicted octanol–water partition coefficient (Wildman–Crippen LogP) is 1.96. The summed E-state index contributed by atoms with van der Waals surface area (Å²) in [5.41, 5.74) is 5.93. The summed E-state index contributed by atoms with van der Waals surface area (Å²) in [7, 11) is 0. The maximum absolute atomic E-state index is 13.2. The normalized spacial score (nSPS) is 18.2. The molecule has 3 heterocycles. The maximum Gasteiger partial charge on any atom is 0.354 e. The van der Waals surface area contributed by atoms with Crippen molar-refractivity contribution in [1.29, 1.82) is 0 Å². The van der Waals surface area contributed by atoms with Crippen molar-refractivity contribution in [2.75, 3.05) is 25.1 Å². The van der Waals surface area contributed by atoms with Crippen LogP contribution < -0.4 is 22.4 Å². The Morgan fingerprint density at radius 3 is 2.63 bits per heavy atom. The smallest absolute Gasteiger partial charge is 0.354 e. The summed E-state index contributed by atoms with van der Waals surface area (Å²) in [5, 5.41) is 28.3. The Labute approximate surface area is 246 Å². The molecule has 5 rings (SSSR count). The van der Waals surface area contributed by atoms with Gasteiger partial charge in [0.25, 0.3) is 5.69 Å². The van der Waals surface area contributed by atoms with Gasteiger partial charge in [0.05, 0.1) is 27.9 Å². The SMILES string of the molecule is CCOC(=O)C(CC1(CC)CCC[N+]2=C1c1[nH]c3ccccc3c1CC2)=NNc1ccc([N+](=O)[O-])cc1[N+](=O)[O-].[Br-]. The lowest BCUT2D eigenvalue weighted by atomic mass is 9.68. The first-order valence-electron chi connectivity index (χ1n) is 13.4. The number of halogens is 1. The van der Waals surface area contributed by atoms with E-state index < -0.39 is 32.6 Å². The number of rotatable bonds is 9. The fourth-order valence-corrected chi connectivity index (χ4v) is 6.07. The van der Waals surface area contributed by atoms with Gasteiger partial charge in [0.1, 0.15) is 30.2 Å². The molecule has 0 radical (unpaired) electrons. The van der Waals surface area contributed by atoms with E-state index in [9.17, 15) is 25.0 Å². The molecule has 2 aromatic carbocycles. The minimum Gasteiger partial charge on any atom is -1.00 e. The lowest BCUT2D eigenvalue weighted by Gasteiger charge is -2.37. The first-order valence-corrected chi connectivity index (χ1v) is 13.4. The average molecular weight is 627 g/mol. The second kappa shape index (κ2) is 12.2. The maximum atomic E-state index is 13.2. The Morgan fingerprint density at radius 1 is 1.15 bits per heavy atom. The number of carbonyl (C=O) groups is 1. The van der Waals surface area contributed by atoms with Gasteiger partial charge in [-0.15, -0.1) is 0 Å². The highest BCUT2D eigenvalue weighted by molar-refractivity contribution is 6.37. The molecular formula is C28H31BrN6O6. The highest BCUT2D eigenvalue weighted by Crippen LogP contribution is 2.43. The van der Waals surface area contributed by atoms with Gasteiger partial charge in [-0.25, -0.2) is 9.37 Å². The Bertz CT molecular complexity index is 1580. The van der Waals surface area contributed by atoms with Crippen LogP contribution in [-0.2, 0) is 16.0 Å². The number of ether oxygens (including phenoxy) is 1. The molecular weight excluding hydrogens is 596 g/mol. The van der Waals surface area contributed by atoms with E-state index in [2.05, 4.69) is 39.1 Å². The molecule has 0 saturated carbocycles. The van der Waals surface area contributed by atoms with Crippen molar-refractivity contribution in [3.63, 3.8) is 0 Å². The Balaban J connectivity index is 0.00000387. The zero-order valence-electron chi connectivity index (χ0n) is 22.8. The minimum absolute atomic E-state index is 0. The highest BCUT2D eigenvalue weighted by atomic mass is 79.9. The molecule has 0 saturated heterocycles. The number of non-ortho nitro benzene ring substituents is 1. The summed E-state index contributed by atoms with van der Waals surface area (Å²) in [6.07, 6.45) is 3.71. The number of carbonyl (C=O) groups excluding carboxylic acids is 1. The van der Waals surface area contributed by atoms with E-state index in [1.54, 1.807) is 6.92 Å². The number of hydrogen-bond donors (Lipinski definition) is 2. The van der Waals surface area contributed by atoms with Crippen molar-refractivity contribution in [3.8, 4) is 0 Å². The summed E-state index contributed by atoms with van der Waals surface area (Å²) in [6.45, 7) is 5.75. The van der Waals surface area contributed by atoms with Crippen LogP contribution in [0.2, 0.25) is 0 Å². The van der Waals surface area contributed by atoms with Crippen LogP contribution in [0.4, 0.5) is 17.1 Å². The molecule has 216 valence electrons. The van der Waals surface area contributed by atoms with Gasteiger partial charge in [-0.3, -0.25) is 25.7 Å². The third-order valence-corrected chi connectivity index (χ3v) is 7.98. The van der Waals surface area contributed by atoms with Crippen LogP contribution in [0.15, 0.2) is 47.6 Å². The van der Waals surface area contributed by atoms with E-state index in [-0.39, 0.29) is 41.4 Å². The third-order valence-electron chi connectivity index (χ3n) is 7.98. The number of hydrogen-bond acceptors (Lipinski definition) is 8. The standard InChI is InChI=1S/C28H30N6O6.BrH/c1-3-28(13-7-14-32-15-12-20-19-8-5-6-9-21(19)29-25(20)26(28)32)17-23(27(35)40-4-2)31-30-22-11-10-18(33(36)37)16-24(22)34(38)39;/h5-6,8-11,16H,3-4,7,12-15,17H2,1-2H3,(H,30,35);1H. The molecule has 1 aromatic heterocycles. The minimum atomic E-state index is -0.725. The molecule has 2 aliphatic heterocycles. The predicted molar refractivity (Wildman–Crippen MR) is 150 cm³/mol. The van der Waals surface area contributed by atoms with Gasteiger partial charge in [-0.05, 0) is 37.5 Å². The molecule has 0 fully saturated rings. The van der Waals surface area contributed by atoms with Crippen molar-refractivity contribution >= 4 is 45.4 Å². The van der Waals surface area contributed by atoms with Crippen molar-refractivity contribution in [2.45, 2.75) is 46.0 Å². The van der Waals surface area contributed by atoms with Gasteiger partial charge in [0.2, 0.25) is 5.71 Å². The second-order valence-corrected chi connectivity index (χ2v) is 10.1. The van der Waals surface area contributed by atoms with Gasteiger partial charge in [0, 0.05) is 36.2 Å². The van der Waals surface area contributed by atoms with Crippen molar-refractivity contribution < 1.29 is 40.9 Å². The molecule has 0 spiro atoms. The molecule has 1 unspecified atom stereocenters. The first-order chi connectivity index (χ1) is 19.3. The number of aromatic amines is 1. The lowest BCUT2D eigenvalue weighted by molar-refractivity contribution is -0.538. The number of anilines is 1. The number of nitrogens with zero attached hydrogens (tertiary/aromatic N) is 4. The summed E-state index contributed by atoms with van der Waals surface area (Å²) in [4.78, 5) is 38.1. The monoisotopic (exact) mass is 626 g/mol. The molecule has 13 heteroatoms. The lowest BCUT2D eigenvalue weighted by Crippen LogP contribution is -3.00. The van der Waals surface area contributed by atoms with Gasteiger partial charge in [0.15, 0.2) is 0 Å². The van der Waals surface area contributed by atoms with Crippen LogP contribution in [-0.4, -0.2) is 56.5 Å². The number of fused-ring (bicyclic) bond motifs is 4. The van der Waals surface area contributed by atoms with Crippen molar-refractivity contribution in [2.24, 2.45) is 10.5 Å². The third kappa shape index (κ3) is 5.58. The van der Waals surface area contributed by atoms with E-state index in [1.165, 1.54) is 17.0 Å². The summed E-state index contributed by atoms with van der Waals surface area (Å²) < 4.78 is 7.75. The molecule has 0 amide bonds. The van der Waals surface area contributed by atoms with Crippen molar-refractivity contribution in [1.82, 2.24) is 4.98 Å². The summed E-state index contributed by atoms with van der Waals surface area (Å²) in [6, 6.07) is 11.5. The summed E-state index contributed by atoms with van der Waals surface area (Å²) in [5.74, 6) is -0.613. The van der Waals surface area contributed by atoms with Crippen molar-refractivity contribution in [3.05, 3.63) is 74.0 Å². The number of hydrazone groups is 1. The van der Waals surface area contributed by atoms with E-state index in [4.69, 9.17) is 4.74 Å². The quantitative estimate of drug-likeness (QED) is 0.121. The number of aromatic nitrogens is 1. The van der Waals surface area contributed by atoms with Crippen LogP contribution in [0.5, 0.6) is 0 Å². The summed E-state index contributed by atoms with van der Waals surface area (Å²) >= 11 is 0. The first kappa shape index (κ1) is 29.8. The Morgan fingerprint density at radius 2 is 1.93 bits per heavy atom. The molecule has 3 aromatic rings. The number of para-hydroxylation sites is 1. The zero-order chi connectivity index (χ0) is 28.4. The molecule has 0 aliphatic carbocycles. The number of benzene rings is 2. The Kier molecular flexibility index (Phi) is 8.86. The molecule has 12 nitrogen and oxygen atoms in total. The molecule has 2 aliphatic rings. The fraction of sp³-hybridized carbons (Fsp3) is 0.393.